The number of amides is 1. The van der Waals surface area contributed by atoms with E-state index in [9.17, 15) is 4.79 Å². The Hall–Kier alpha value is -1.99. The van der Waals surface area contributed by atoms with Crippen molar-refractivity contribution in [2.75, 3.05) is 31.1 Å². The summed E-state index contributed by atoms with van der Waals surface area (Å²) in [7, 11) is 0. The van der Waals surface area contributed by atoms with Crippen molar-refractivity contribution in [1.29, 1.82) is 0 Å². The molecule has 1 aromatic carbocycles. The van der Waals surface area contributed by atoms with Crippen LogP contribution in [-0.4, -0.2) is 58.2 Å². The predicted octanol–water partition coefficient (Wildman–Crippen LogP) is 5.22. The third kappa shape index (κ3) is 4.62. The van der Waals surface area contributed by atoms with Crippen molar-refractivity contribution in [1.82, 2.24) is 14.7 Å². The molecule has 0 saturated carbocycles. The number of carbonyl (C=O) groups is 1. The Morgan fingerprint density at radius 2 is 2.03 bits per heavy atom. The van der Waals surface area contributed by atoms with E-state index >= 15 is 0 Å². The summed E-state index contributed by atoms with van der Waals surface area (Å²) in [6, 6.07) is 3.96. The quantitative estimate of drug-likeness (QED) is 0.629. The average Bonchev–Trinajstić information content (AvgIpc) is 3.09. The van der Waals surface area contributed by atoms with Crippen LogP contribution in [0, 0.1) is 0 Å². The highest BCUT2D eigenvalue weighted by Gasteiger charge is 2.39. The fraction of sp³-hybridized carbons (Fsp3) is 0.652. The molecular weight excluding hydrogens is 416 g/mol. The first kappa shape index (κ1) is 22.2. The highest BCUT2D eigenvalue weighted by Crippen LogP contribution is 2.36. The second-order valence-corrected chi connectivity index (χ2v) is 10.6. The Bertz CT molecular complexity index is 960. The van der Waals surface area contributed by atoms with E-state index in [1.54, 1.807) is 0 Å². The summed E-state index contributed by atoms with van der Waals surface area (Å²) in [5.74, 6) is 0. The van der Waals surface area contributed by atoms with Crippen molar-refractivity contribution in [3.05, 3.63) is 23.4 Å². The third-order valence-electron chi connectivity index (χ3n) is 5.94. The van der Waals surface area contributed by atoms with Gasteiger partial charge in [-0.25, -0.2) is 9.48 Å². The molecule has 0 spiro atoms. The number of aromatic nitrogens is 2. The Balaban J connectivity index is 1.61. The zero-order valence-electron chi connectivity index (χ0n) is 19.2. The van der Waals surface area contributed by atoms with Gasteiger partial charge in [0.15, 0.2) is 6.23 Å². The molecule has 31 heavy (non-hydrogen) atoms. The summed E-state index contributed by atoms with van der Waals surface area (Å²) in [4.78, 5) is 16.9. The smallest absolute Gasteiger partial charge is 0.410 e. The largest absolute Gasteiger partial charge is 0.444 e. The Morgan fingerprint density at radius 1 is 1.26 bits per heavy atom. The zero-order valence-corrected chi connectivity index (χ0v) is 19.9. The molecule has 3 heterocycles. The highest BCUT2D eigenvalue weighted by molar-refractivity contribution is 6.31. The maximum atomic E-state index is 12.8. The van der Waals surface area contributed by atoms with Gasteiger partial charge in [-0.3, -0.25) is 4.90 Å². The molecular formula is C23H33ClN4O3. The fourth-order valence-electron chi connectivity index (χ4n) is 4.52. The van der Waals surface area contributed by atoms with Gasteiger partial charge in [-0.2, -0.15) is 5.10 Å². The first-order chi connectivity index (χ1) is 14.5. The summed E-state index contributed by atoms with van der Waals surface area (Å²) >= 11 is 6.54. The molecule has 0 aliphatic carbocycles. The lowest BCUT2D eigenvalue weighted by Crippen LogP contribution is -2.61. The predicted molar refractivity (Wildman–Crippen MR) is 123 cm³/mol. The van der Waals surface area contributed by atoms with E-state index in [0.29, 0.717) is 24.7 Å². The second kappa shape index (κ2) is 8.17. The topological polar surface area (TPSA) is 59.8 Å². The molecule has 1 amide bonds. The van der Waals surface area contributed by atoms with Crippen LogP contribution >= 0.6 is 11.6 Å². The summed E-state index contributed by atoms with van der Waals surface area (Å²) in [5, 5.41) is 6.39. The van der Waals surface area contributed by atoms with Crippen molar-refractivity contribution in [2.24, 2.45) is 0 Å². The molecule has 2 aliphatic rings. The highest BCUT2D eigenvalue weighted by atomic mass is 35.5. The number of hydrogen-bond donors (Lipinski definition) is 0. The van der Waals surface area contributed by atoms with E-state index in [2.05, 4.69) is 23.8 Å². The van der Waals surface area contributed by atoms with E-state index in [4.69, 9.17) is 21.1 Å². The number of rotatable bonds is 2. The van der Waals surface area contributed by atoms with Crippen LogP contribution in [0.4, 0.5) is 10.5 Å². The normalized spacial score (nSPS) is 22.1. The Labute approximate surface area is 189 Å². The van der Waals surface area contributed by atoms with Gasteiger partial charge in [0.2, 0.25) is 0 Å². The average molecular weight is 449 g/mol. The van der Waals surface area contributed by atoms with Gasteiger partial charge < -0.3 is 14.4 Å². The number of nitrogens with zero attached hydrogens (tertiary/aromatic N) is 4. The SMILES string of the molecule is CC(C)(C)OC(=O)N1CCN(c2cc(Cl)cc3c2cnn3C2CCCCO2)CC1(C)C. The van der Waals surface area contributed by atoms with E-state index in [1.807, 2.05) is 48.7 Å². The van der Waals surface area contributed by atoms with E-state index in [1.165, 1.54) is 0 Å². The molecule has 2 aromatic rings. The number of piperazine rings is 1. The molecule has 2 fully saturated rings. The first-order valence-corrected chi connectivity index (χ1v) is 11.5. The van der Waals surface area contributed by atoms with Crippen LogP contribution in [0.1, 0.15) is 60.1 Å². The number of anilines is 1. The van der Waals surface area contributed by atoms with Crippen molar-refractivity contribution < 1.29 is 14.3 Å². The van der Waals surface area contributed by atoms with Crippen LogP contribution in [-0.2, 0) is 9.47 Å². The van der Waals surface area contributed by atoms with Gasteiger partial charge in [0.25, 0.3) is 0 Å². The number of ether oxygens (including phenoxy) is 2. The molecule has 8 heteroatoms. The van der Waals surface area contributed by atoms with Gasteiger partial charge in [0.1, 0.15) is 5.60 Å². The van der Waals surface area contributed by atoms with Crippen molar-refractivity contribution >= 4 is 34.3 Å². The Kier molecular flexibility index (Phi) is 5.85. The maximum absolute atomic E-state index is 12.8. The molecule has 1 unspecified atom stereocenters. The minimum Gasteiger partial charge on any atom is -0.444 e. The molecule has 1 aromatic heterocycles. The molecule has 1 atom stereocenters. The molecule has 2 saturated heterocycles. The summed E-state index contributed by atoms with van der Waals surface area (Å²) in [6.07, 6.45) is 4.79. The zero-order chi connectivity index (χ0) is 22.4. The monoisotopic (exact) mass is 448 g/mol. The van der Waals surface area contributed by atoms with E-state index in [0.717, 1.165) is 42.5 Å². The number of fused-ring (bicyclic) bond motifs is 1. The molecule has 0 bridgehead atoms. The van der Waals surface area contributed by atoms with Crippen LogP contribution in [0.5, 0.6) is 0 Å². The van der Waals surface area contributed by atoms with Crippen LogP contribution in [0.3, 0.4) is 0 Å². The number of carbonyl (C=O) groups excluding carboxylic acids is 1. The molecule has 0 N–H and O–H groups in total. The molecule has 4 rings (SSSR count). The van der Waals surface area contributed by atoms with Gasteiger partial charge in [0.05, 0.1) is 17.3 Å². The molecule has 170 valence electrons. The lowest BCUT2D eigenvalue weighted by molar-refractivity contribution is -0.0366. The number of benzene rings is 1. The maximum Gasteiger partial charge on any atom is 0.410 e. The number of hydrogen-bond acceptors (Lipinski definition) is 5. The molecule has 0 radical (unpaired) electrons. The lowest BCUT2D eigenvalue weighted by Gasteiger charge is -2.47. The summed E-state index contributed by atoms with van der Waals surface area (Å²) in [5.41, 5.74) is 1.12. The van der Waals surface area contributed by atoms with Crippen LogP contribution in [0.15, 0.2) is 18.3 Å². The van der Waals surface area contributed by atoms with Gasteiger partial charge in [0, 0.05) is 42.3 Å². The van der Waals surface area contributed by atoms with Crippen molar-refractivity contribution in [2.45, 2.75) is 71.2 Å². The van der Waals surface area contributed by atoms with Gasteiger partial charge >= 0.3 is 6.09 Å². The van der Waals surface area contributed by atoms with Crippen LogP contribution in [0.25, 0.3) is 10.9 Å². The first-order valence-electron chi connectivity index (χ1n) is 11.1. The minimum atomic E-state index is -0.515. The van der Waals surface area contributed by atoms with Crippen LogP contribution < -0.4 is 4.90 Å². The van der Waals surface area contributed by atoms with Gasteiger partial charge in [-0.15, -0.1) is 0 Å². The van der Waals surface area contributed by atoms with Gasteiger partial charge in [-0.1, -0.05) is 11.6 Å². The van der Waals surface area contributed by atoms with Crippen molar-refractivity contribution in [3.8, 4) is 0 Å². The lowest BCUT2D eigenvalue weighted by atomic mass is 9.98. The third-order valence-corrected chi connectivity index (χ3v) is 6.16. The number of halogens is 1. The summed E-state index contributed by atoms with van der Waals surface area (Å²) in [6.45, 7) is 12.5. The molecule has 7 nitrogen and oxygen atoms in total. The summed E-state index contributed by atoms with van der Waals surface area (Å²) < 4.78 is 13.6. The van der Waals surface area contributed by atoms with E-state index in [-0.39, 0.29) is 12.3 Å². The van der Waals surface area contributed by atoms with E-state index < -0.39 is 11.1 Å². The van der Waals surface area contributed by atoms with Crippen LogP contribution in [0.2, 0.25) is 5.02 Å². The van der Waals surface area contributed by atoms with Crippen molar-refractivity contribution in [3.63, 3.8) is 0 Å². The fourth-order valence-corrected chi connectivity index (χ4v) is 4.72. The second-order valence-electron chi connectivity index (χ2n) is 10.1. The van der Waals surface area contributed by atoms with Gasteiger partial charge in [-0.05, 0) is 66.0 Å². The Morgan fingerprint density at radius 3 is 2.68 bits per heavy atom. The standard InChI is InChI=1S/C23H33ClN4O3/c1-22(2,3)31-21(29)27-10-9-26(15-23(27,4)5)18-12-16(24)13-19-17(18)14-25-28(19)20-8-6-7-11-30-20/h12-14,20H,6-11,15H2,1-5H3. The minimum absolute atomic E-state index is 0.0435. The molecule has 2 aliphatic heterocycles.